The van der Waals surface area contributed by atoms with Crippen LogP contribution in [0, 0.1) is 29.6 Å². The Kier molecular flexibility index (Phi) is 15.5. The number of hydrogen-bond donors (Lipinski definition) is 0. The van der Waals surface area contributed by atoms with Crippen LogP contribution in [-0.2, 0) is 37.4 Å². The van der Waals surface area contributed by atoms with E-state index in [0.29, 0.717) is 68.1 Å². The summed E-state index contributed by atoms with van der Waals surface area (Å²) >= 11 is 0. The minimum absolute atomic E-state index is 0.267. The molecule has 0 bridgehead atoms. The van der Waals surface area contributed by atoms with E-state index in [0.717, 1.165) is 45.7 Å². The summed E-state index contributed by atoms with van der Waals surface area (Å²) in [6.07, 6.45) is 6.15. The SMILES string of the molecule is C=C(C)C(=O)OCCCCOc1ccc(-c2ccc(C#Cc3ccc4c(c3)C(C)(C)c3cc(C#Cc5cc[n+](CCc6ccc(OCCCOC(=O)C(=C)C)cc6)c(F)c5)ccc3-4)cc2)nc1. The number of fused-ring (bicyclic) bond motifs is 3. The fourth-order valence-electron chi connectivity index (χ4n) is 7.52. The van der Waals surface area contributed by atoms with Crippen LogP contribution in [-0.4, -0.2) is 43.4 Å². The van der Waals surface area contributed by atoms with Crippen LogP contribution in [0.4, 0.5) is 4.39 Å². The molecule has 0 atom stereocenters. The van der Waals surface area contributed by atoms with Gasteiger partial charge in [0.25, 0.3) is 0 Å². The highest BCUT2D eigenvalue weighted by Gasteiger charge is 2.35. The van der Waals surface area contributed by atoms with Gasteiger partial charge in [-0.25, -0.2) is 9.59 Å². The molecule has 67 heavy (non-hydrogen) atoms. The normalized spacial score (nSPS) is 11.7. The third-order valence-electron chi connectivity index (χ3n) is 11.4. The highest BCUT2D eigenvalue weighted by molar-refractivity contribution is 5.87. The third-order valence-corrected chi connectivity index (χ3v) is 11.4. The Morgan fingerprint density at radius 3 is 1.73 bits per heavy atom. The first-order valence-corrected chi connectivity index (χ1v) is 22.4. The van der Waals surface area contributed by atoms with Gasteiger partial charge in [0.1, 0.15) is 11.5 Å². The van der Waals surface area contributed by atoms with Gasteiger partial charge >= 0.3 is 17.9 Å². The average molecular weight is 894 g/mol. The van der Waals surface area contributed by atoms with Crippen LogP contribution in [0.5, 0.6) is 11.5 Å². The molecule has 1 aliphatic rings. The van der Waals surface area contributed by atoms with Crippen molar-refractivity contribution in [3.8, 4) is 57.6 Å². The highest BCUT2D eigenvalue weighted by atomic mass is 19.1. The maximum Gasteiger partial charge on any atom is 0.360 e. The molecule has 7 rings (SSSR count). The second-order valence-corrected chi connectivity index (χ2v) is 17.0. The number of esters is 2. The van der Waals surface area contributed by atoms with Crippen molar-refractivity contribution in [2.75, 3.05) is 26.4 Å². The molecule has 0 N–H and O–H groups in total. The molecule has 1 aliphatic carbocycles. The molecule has 0 aliphatic heterocycles. The van der Waals surface area contributed by atoms with Crippen molar-refractivity contribution in [1.82, 2.24) is 4.98 Å². The van der Waals surface area contributed by atoms with Gasteiger partial charge in [-0.1, -0.05) is 87.1 Å². The molecular weight excluding hydrogens is 840 g/mol. The van der Waals surface area contributed by atoms with E-state index < -0.39 is 5.97 Å². The van der Waals surface area contributed by atoms with E-state index in [1.54, 1.807) is 30.8 Å². The Bertz CT molecular complexity index is 2910. The van der Waals surface area contributed by atoms with Gasteiger partial charge in [-0.3, -0.25) is 4.98 Å². The van der Waals surface area contributed by atoms with E-state index in [-0.39, 0.29) is 23.9 Å². The van der Waals surface area contributed by atoms with Gasteiger partial charge in [-0.05, 0) is 115 Å². The van der Waals surface area contributed by atoms with Crippen LogP contribution in [0.3, 0.4) is 0 Å². The Labute approximate surface area is 393 Å². The van der Waals surface area contributed by atoms with Crippen LogP contribution in [0.2, 0.25) is 0 Å². The lowest BCUT2D eigenvalue weighted by Gasteiger charge is -2.21. The zero-order chi connectivity index (χ0) is 47.3. The van der Waals surface area contributed by atoms with E-state index in [1.807, 2.05) is 72.8 Å². The molecule has 4 aromatic carbocycles. The van der Waals surface area contributed by atoms with Crippen LogP contribution >= 0.6 is 0 Å². The molecule has 0 saturated heterocycles. The van der Waals surface area contributed by atoms with Gasteiger partial charge < -0.3 is 18.9 Å². The summed E-state index contributed by atoms with van der Waals surface area (Å²) in [6, 6.07) is 35.7. The number of carbonyl (C=O) groups excluding carboxylic acids is 2. The molecule has 0 saturated carbocycles. The lowest BCUT2D eigenvalue weighted by molar-refractivity contribution is -0.723. The largest absolute Gasteiger partial charge is 0.493 e. The van der Waals surface area contributed by atoms with Gasteiger partial charge in [-0.15, -0.1) is 4.39 Å². The van der Waals surface area contributed by atoms with Crippen molar-refractivity contribution in [2.24, 2.45) is 0 Å². The Hall–Kier alpha value is -7.75. The van der Waals surface area contributed by atoms with Crippen molar-refractivity contribution in [3.63, 3.8) is 0 Å². The predicted molar refractivity (Wildman–Crippen MR) is 259 cm³/mol. The molecule has 0 fully saturated rings. The van der Waals surface area contributed by atoms with E-state index in [1.165, 1.54) is 28.3 Å². The minimum Gasteiger partial charge on any atom is -0.493 e. The summed E-state index contributed by atoms with van der Waals surface area (Å²) in [5.74, 6) is 13.4. The quantitative estimate of drug-likeness (QED) is 0.0225. The average Bonchev–Trinajstić information content (AvgIpc) is 3.55. The fraction of sp³-hybridized carbons (Fsp3) is 0.241. The molecular formula is C58H54FN2O6+. The topological polar surface area (TPSA) is 87.8 Å². The third kappa shape index (κ3) is 12.5. The number of carbonyl (C=O) groups is 2. The number of halogens is 1. The maximum absolute atomic E-state index is 15.2. The minimum atomic E-state index is -0.398. The summed E-state index contributed by atoms with van der Waals surface area (Å²) in [6.45, 7) is 16.9. The molecule has 0 amide bonds. The number of hydrogen-bond acceptors (Lipinski definition) is 7. The second kappa shape index (κ2) is 22.0. The van der Waals surface area contributed by atoms with Gasteiger partial charge in [0, 0.05) is 63.3 Å². The summed E-state index contributed by atoms with van der Waals surface area (Å²) in [5, 5.41) is 0. The predicted octanol–water partition coefficient (Wildman–Crippen LogP) is 10.7. The van der Waals surface area contributed by atoms with Crippen molar-refractivity contribution >= 4 is 11.9 Å². The van der Waals surface area contributed by atoms with Gasteiger partial charge in [0.2, 0.25) is 0 Å². The number of rotatable bonds is 17. The number of unbranched alkanes of at least 4 members (excludes halogenated alkanes) is 1. The smallest absolute Gasteiger partial charge is 0.360 e. The Morgan fingerprint density at radius 1 is 0.627 bits per heavy atom. The summed E-state index contributed by atoms with van der Waals surface area (Å²) in [4.78, 5) is 27.5. The lowest BCUT2D eigenvalue weighted by atomic mass is 9.81. The van der Waals surface area contributed by atoms with Crippen LogP contribution < -0.4 is 14.0 Å². The fourth-order valence-corrected chi connectivity index (χ4v) is 7.52. The number of aromatic nitrogens is 2. The highest BCUT2D eigenvalue weighted by Crippen LogP contribution is 2.49. The molecule has 0 unspecified atom stereocenters. The van der Waals surface area contributed by atoms with Gasteiger partial charge in [-0.2, -0.15) is 4.57 Å². The number of nitrogens with zero attached hydrogens (tertiary/aromatic N) is 2. The van der Waals surface area contributed by atoms with E-state index in [2.05, 4.69) is 86.0 Å². The van der Waals surface area contributed by atoms with Crippen molar-refractivity contribution in [1.29, 1.82) is 0 Å². The summed E-state index contributed by atoms with van der Waals surface area (Å²) < 4.78 is 38.6. The van der Waals surface area contributed by atoms with Gasteiger partial charge in [0.15, 0.2) is 12.7 Å². The monoisotopic (exact) mass is 893 g/mol. The molecule has 0 spiro atoms. The first-order chi connectivity index (χ1) is 32.3. The molecule has 338 valence electrons. The van der Waals surface area contributed by atoms with Gasteiger partial charge in [0.05, 0.1) is 44.4 Å². The molecule has 6 aromatic rings. The summed E-state index contributed by atoms with van der Waals surface area (Å²) in [5.41, 5.74) is 11.5. The number of ether oxygens (including phenoxy) is 4. The van der Waals surface area contributed by atoms with Crippen molar-refractivity contribution in [2.45, 2.75) is 65.3 Å². The number of pyridine rings is 2. The van der Waals surface area contributed by atoms with Crippen molar-refractivity contribution < 1.29 is 37.5 Å². The standard InChI is InChI=1S/C58H54FN2O6/c1-40(2)56(62)66-33-8-7-32-65-49-24-27-54(60-39-49)47-20-14-42(15-21-47)10-11-44-18-25-50-51-26-19-45(37-53(51)58(5,6)52(50)36-44)12-13-46-29-31-61(55(59)38-46)30-28-43-16-22-48(23-17-43)64-34-9-35-67-57(63)41(3)4/h14-27,29,31,36-39H,1,3,7-9,28,30,32-35H2,2,4-6H3/q+1. The Balaban J connectivity index is 0.902. The molecule has 0 radical (unpaired) electrons. The first-order valence-electron chi connectivity index (χ1n) is 22.4. The van der Waals surface area contributed by atoms with Crippen LogP contribution in [0.1, 0.15) is 85.9 Å². The molecule has 9 heteroatoms. The van der Waals surface area contributed by atoms with E-state index in [9.17, 15) is 9.59 Å². The molecule has 8 nitrogen and oxygen atoms in total. The zero-order valence-corrected chi connectivity index (χ0v) is 38.5. The number of aryl methyl sites for hydroxylation is 2. The molecule has 2 heterocycles. The summed E-state index contributed by atoms with van der Waals surface area (Å²) in [7, 11) is 0. The Morgan fingerprint density at radius 2 is 1.15 bits per heavy atom. The van der Waals surface area contributed by atoms with E-state index in [4.69, 9.17) is 18.9 Å². The van der Waals surface area contributed by atoms with E-state index >= 15 is 4.39 Å². The lowest BCUT2D eigenvalue weighted by Crippen LogP contribution is -2.38. The zero-order valence-electron chi connectivity index (χ0n) is 38.5. The van der Waals surface area contributed by atoms with Crippen LogP contribution in [0.25, 0.3) is 22.4 Å². The second-order valence-electron chi connectivity index (χ2n) is 17.0. The maximum atomic E-state index is 15.2. The first kappa shape index (κ1) is 47.2. The molecule has 2 aromatic heterocycles. The number of benzene rings is 4. The van der Waals surface area contributed by atoms with Crippen LogP contribution in [0.15, 0.2) is 146 Å². The van der Waals surface area contributed by atoms with Crippen molar-refractivity contribution in [3.05, 3.63) is 191 Å².